The molecular weight excluding hydrogens is 232 g/mol. The van der Waals surface area contributed by atoms with Gasteiger partial charge in [-0.2, -0.15) is 0 Å². The van der Waals surface area contributed by atoms with Crippen molar-refractivity contribution in [2.45, 2.75) is 40.0 Å². The Hall–Kier alpha value is -1.37. The molecule has 0 amide bonds. The van der Waals surface area contributed by atoms with E-state index < -0.39 is 0 Å². The van der Waals surface area contributed by atoms with Crippen LogP contribution in [-0.2, 0) is 0 Å². The molecule has 1 aliphatic carbocycles. The summed E-state index contributed by atoms with van der Waals surface area (Å²) in [6.07, 6.45) is 8.01. The third-order valence-corrected chi connectivity index (χ3v) is 4.23. The van der Waals surface area contributed by atoms with Crippen molar-refractivity contribution in [3.8, 4) is 0 Å². The summed E-state index contributed by atoms with van der Waals surface area (Å²) in [5.74, 6) is 0.806. The molecule has 1 aromatic rings. The molecule has 0 unspecified atom stereocenters. The van der Waals surface area contributed by atoms with E-state index >= 15 is 0 Å². The maximum atomic E-state index is 12.8. The van der Waals surface area contributed by atoms with Crippen LogP contribution in [0.5, 0.6) is 0 Å². The first-order valence-electron chi connectivity index (χ1n) is 7.35. The van der Waals surface area contributed by atoms with Gasteiger partial charge in [0.05, 0.1) is 0 Å². The molecule has 0 fully saturated rings. The molecule has 19 heavy (non-hydrogen) atoms. The van der Waals surface area contributed by atoms with Gasteiger partial charge in [-0.1, -0.05) is 76.1 Å². The summed E-state index contributed by atoms with van der Waals surface area (Å²) in [5.41, 5.74) is 0.830. The summed E-state index contributed by atoms with van der Waals surface area (Å²) in [7, 11) is 0. The van der Waals surface area contributed by atoms with E-state index in [2.05, 4.69) is 32.9 Å². The van der Waals surface area contributed by atoms with Gasteiger partial charge in [-0.25, -0.2) is 0 Å². The molecule has 0 radical (unpaired) electrons. The molecular formula is C18H24O. The Morgan fingerprint density at radius 1 is 1.21 bits per heavy atom. The van der Waals surface area contributed by atoms with Crippen molar-refractivity contribution >= 4 is 5.78 Å². The molecule has 0 aromatic heterocycles. The normalized spacial score (nSPS) is 24.6. The van der Waals surface area contributed by atoms with Gasteiger partial charge in [0.1, 0.15) is 0 Å². The molecule has 102 valence electrons. The van der Waals surface area contributed by atoms with Gasteiger partial charge in [0, 0.05) is 11.5 Å². The lowest BCUT2D eigenvalue weighted by Crippen LogP contribution is -2.31. The highest BCUT2D eigenvalue weighted by molar-refractivity contribution is 5.99. The smallest absolute Gasteiger partial charge is 0.167 e. The van der Waals surface area contributed by atoms with Crippen LogP contribution in [0.3, 0.4) is 0 Å². The number of carbonyl (C=O) groups is 1. The lowest BCUT2D eigenvalue weighted by Gasteiger charge is -2.30. The van der Waals surface area contributed by atoms with Crippen molar-refractivity contribution in [1.29, 1.82) is 0 Å². The fraction of sp³-hybridized carbons (Fsp3) is 0.500. The van der Waals surface area contributed by atoms with Crippen LogP contribution in [0.4, 0.5) is 0 Å². The van der Waals surface area contributed by atoms with Gasteiger partial charge in [-0.3, -0.25) is 4.79 Å². The number of Topliss-reactive ketones (excluding diaryl/α,β-unsaturated/α-hetero) is 1. The quantitative estimate of drug-likeness (QED) is 0.541. The Balaban J connectivity index is 2.22. The second kappa shape index (κ2) is 5.73. The molecule has 1 heteroatoms. The van der Waals surface area contributed by atoms with E-state index in [1.165, 1.54) is 12.8 Å². The van der Waals surface area contributed by atoms with Crippen LogP contribution < -0.4 is 0 Å². The largest absolute Gasteiger partial charge is 0.294 e. The zero-order valence-corrected chi connectivity index (χ0v) is 12.2. The number of benzene rings is 1. The minimum absolute atomic E-state index is 0.0225. The van der Waals surface area contributed by atoms with E-state index in [0.29, 0.717) is 11.7 Å². The summed E-state index contributed by atoms with van der Waals surface area (Å²) in [6, 6.07) is 9.73. The van der Waals surface area contributed by atoms with Crippen LogP contribution in [0.25, 0.3) is 0 Å². The fourth-order valence-corrected chi connectivity index (χ4v) is 3.16. The molecule has 2 atom stereocenters. The lowest BCUT2D eigenvalue weighted by molar-refractivity contribution is 0.0805. The minimum atomic E-state index is -0.0225. The van der Waals surface area contributed by atoms with Gasteiger partial charge in [-0.05, 0) is 17.8 Å². The van der Waals surface area contributed by atoms with Crippen molar-refractivity contribution < 1.29 is 4.79 Å². The maximum Gasteiger partial charge on any atom is 0.167 e. The van der Waals surface area contributed by atoms with Crippen molar-refractivity contribution in [1.82, 2.24) is 0 Å². The number of hydrogen-bond acceptors (Lipinski definition) is 1. The zero-order chi connectivity index (χ0) is 13.9. The van der Waals surface area contributed by atoms with Crippen molar-refractivity contribution in [2.24, 2.45) is 17.3 Å². The van der Waals surface area contributed by atoms with Crippen molar-refractivity contribution in [2.75, 3.05) is 0 Å². The first-order chi connectivity index (χ1) is 9.06. The monoisotopic (exact) mass is 256 g/mol. The Morgan fingerprint density at radius 2 is 1.89 bits per heavy atom. The summed E-state index contributed by atoms with van der Waals surface area (Å²) in [6.45, 7) is 6.57. The molecule has 0 aliphatic heterocycles. The summed E-state index contributed by atoms with van der Waals surface area (Å²) in [4.78, 5) is 12.8. The fourth-order valence-electron chi connectivity index (χ4n) is 3.16. The van der Waals surface area contributed by atoms with Gasteiger partial charge in [0.2, 0.25) is 0 Å². The SMILES string of the molecule is CCCC[C@@H]1C=CC(C)(C)[C@H]1C(=O)c1ccccc1. The molecule has 0 saturated carbocycles. The zero-order valence-electron chi connectivity index (χ0n) is 12.2. The molecule has 0 heterocycles. The van der Waals surface area contributed by atoms with Crippen LogP contribution in [0.2, 0.25) is 0 Å². The number of carbonyl (C=O) groups excluding carboxylic acids is 1. The third kappa shape index (κ3) is 2.97. The van der Waals surface area contributed by atoms with Crippen LogP contribution in [0.15, 0.2) is 42.5 Å². The maximum absolute atomic E-state index is 12.8. The summed E-state index contributed by atoms with van der Waals surface area (Å²) < 4.78 is 0. The predicted molar refractivity (Wildman–Crippen MR) is 80.2 cm³/mol. The Labute approximate surface area is 116 Å². The molecule has 0 saturated heterocycles. The summed E-state index contributed by atoms with van der Waals surface area (Å²) in [5, 5.41) is 0. The first kappa shape index (κ1) is 14.0. The Morgan fingerprint density at radius 3 is 2.53 bits per heavy atom. The molecule has 1 nitrogen and oxygen atoms in total. The minimum Gasteiger partial charge on any atom is -0.294 e. The average molecular weight is 256 g/mol. The first-order valence-corrected chi connectivity index (χ1v) is 7.35. The van der Waals surface area contributed by atoms with E-state index in [4.69, 9.17) is 0 Å². The van der Waals surface area contributed by atoms with Gasteiger partial charge in [0.15, 0.2) is 5.78 Å². The molecule has 0 spiro atoms. The second-order valence-corrected chi connectivity index (χ2v) is 6.19. The molecule has 2 rings (SSSR count). The topological polar surface area (TPSA) is 17.1 Å². The highest BCUT2D eigenvalue weighted by Crippen LogP contribution is 2.44. The average Bonchev–Trinajstić information content (AvgIpc) is 2.71. The van der Waals surface area contributed by atoms with Gasteiger partial charge < -0.3 is 0 Å². The molecule has 0 bridgehead atoms. The van der Waals surface area contributed by atoms with Crippen molar-refractivity contribution in [3.63, 3.8) is 0 Å². The van der Waals surface area contributed by atoms with Crippen LogP contribution in [0, 0.1) is 17.3 Å². The highest BCUT2D eigenvalue weighted by Gasteiger charge is 2.42. The Kier molecular flexibility index (Phi) is 4.24. The lowest BCUT2D eigenvalue weighted by atomic mass is 9.72. The van der Waals surface area contributed by atoms with E-state index in [9.17, 15) is 4.79 Å². The van der Waals surface area contributed by atoms with Crippen LogP contribution in [-0.4, -0.2) is 5.78 Å². The summed E-state index contributed by atoms with van der Waals surface area (Å²) >= 11 is 0. The number of unbranched alkanes of at least 4 members (excludes halogenated alkanes) is 1. The van der Waals surface area contributed by atoms with E-state index in [-0.39, 0.29) is 11.3 Å². The van der Waals surface area contributed by atoms with Gasteiger partial charge in [0.25, 0.3) is 0 Å². The predicted octanol–water partition coefficient (Wildman–Crippen LogP) is 4.89. The van der Waals surface area contributed by atoms with Gasteiger partial charge in [-0.15, -0.1) is 0 Å². The molecule has 1 aromatic carbocycles. The Bertz CT molecular complexity index is 456. The van der Waals surface area contributed by atoms with Gasteiger partial charge >= 0.3 is 0 Å². The van der Waals surface area contributed by atoms with Crippen molar-refractivity contribution in [3.05, 3.63) is 48.0 Å². The standard InChI is InChI=1S/C18H24O/c1-4-5-9-14-12-13-18(2,3)16(14)17(19)15-10-7-6-8-11-15/h6-8,10-14,16H,4-5,9H2,1-3H3/t14-,16-/m1/s1. The molecule has 0 N–H and O–H groups in total. The highest BCUT2D eigenvalue weighted by atomic mass is 16.1. The molecule has 1 aliphatic rings. The van der Waals surface area contributed by atoms with E-state index in [1.54, 1.807) is 0 Å². The number of rotatable bonds is 5. The van der Waals surface area contributed by atoms with Crippen LogP contribution in [0.1, 0.15) is 50.4 Å². The van der Waals surface area contributed by atoms with Crippen LogP contribution >= 0.6 is 0 Å². The van der Waals surface area contributed by atoms with E-state index in [0.717, 1.165) is 12.0 Å². The second-order valence-electron chi connectivity index (χ2n) is 6.19. The number of allylic oxidation sites excluding steroid dienone is 2. The van der Waals surface area contributed by atoms with E-state index in [1.807, 2.05) is 30.3 Å². The third-order valence-electron chi connectivity index (χ3n) is 4.23. The number of ketones is 1. The number of hydrogen-bond donors (Lipinski definition) is 0.